The Labute approximate surface area is 135 Å². The average molecular weight is 312 g/mol. The summed E-state index contributed by atoms with van der Waals surface area (Å²) in [6, 6.07) is 2.15. The molecule has 1 aromatic carbocycles. The molecule has 0 spiro atoms. The number of aryl methyl sites for hydroxylation is 1. The molecule has 1 aliphatic carbocycles. The number of benzene rings is 1. The number of nitrogens with zero attached hydrogens (tertiary/aromatic N) is 2. The zero-order valence-electron chi connectivity index (χ0n) is 13.3. The molecule has 2 aromatic rings. The lowest BCUT2D eigenvalue weighted by molar-refractivity contribution is -0.0366. The second-order valence-corrected chi connectivity index (χ2v) is 6.47. The molecule has 1 aromatic heterocycles. The number of fused-ring (bicyclic) bond motifs is 2. The highest BCUT2D eigenvalue weighted by Crippen LogP contribution is 2.31. The van der Waals surface area contributed by atoms with Crippen LogP contribution in [0.5, 0.6) is 0 Å². The lowest BCUT2D eigenvalue weighted by atomic mass is 9.70. The number of aromatic nitrogens is 2. The highest BCUT2D eigenvalue weighted by Gasteiger charge is 2.28. The van der Waals surface area contributed by atoms with Crippen molar-refractivity contribution < 1.29 is 14.8 Å². The van der Waals surface area contributed by atoms with Crippen molar-refractivity contribution in [1.82, 2.24) is 9.78 Å². The van der Waals surface area contributed by atoms with E-state index in [1.165, 1.54) is 0 Å². The Morgan fingerprint density at radius 2 is 2.22 bits per heavy atom. The minimum Gasteiger partial charge on any atom is -0.423 e. The van der Waals surface area contributed by atoms with Crippen LogP contribution in [0.15, 0.2) is 18.3 Å². The molecule has 4 rings (SSSR count). The maximum Gasteiger partial charge on any atom is 0.489 e. The monoisotopic (exact) mass is 312 g/mol. The summed E-state index contributed by atoms with van der Waals surface area (Å²) >= 11 is 0. The third-order valence-corrected chi connectivity index (χ3v) is 4.97. The zero-order valence-corrected chi connectivity index (χ0v) is 13.3. The van der Waals surface area contributed by atoms with E-state index >= 15 is 0 Å². The van der Waals surface area contributed by atoms with Crippen LogP contribution in [-0.2, 0) is 11.2 Å². The molecule has 23 heavy (non-hydrogen) atoms. The first-order chi connectivity index (χ1) is 11.2. The van der Waals surface area contributed by atoms with E-state index in [-0.39, 0.29) is 6.23 Å². The van der Waals surface area contributed by atoms with Crippen LogP contribution >= 0.6 is 0 Å². The molecule has 0 radical (unpaired) electrons. The average Bonchev–Trinajstić information content (AvgIpc) is 2.97. The Hall–Kier alpha value is -1.63. The second kappa shape index (κ2) is 5.78. The summed E-state index contributed by atoms with van der Waals surface area (Å²) in [6.45, 7) is 2.79. The number of hydrogen-bond acceptors (Lipinski definition) is 4. The van der Waals surface area contributed by atoms with Gasteiger partial charge in [0.1, 0.15) is 0 Å². The fraction of sp³-hybridized carbons (Fsp3) is 0.471. The molecular formula is C17H21BN2O3. The summed E-state index contributed by atoms with van der Waals surface area (Å²) < 4.78 is 7.77. The van der Waals surface area contributed by atoms with Gasteiger partial charge in [0.25, 0.3) is 0 Å². The Balaban J connectivity index is 1.94. The van der Waals surface area contributed by atoms with Gasteiger partial charge in [-0.25, -0.2) is 4.68 Å². The Bertz CT molecular complexity index is 776. The summed E-state index contributed by atoms with van der Waals surface area (Å²) in [5.74, 6) is 0. The van der Waals surface area contributed by atoms with Gasteiger partial charge in [-0.3, -0.25) is 0 Å². The molecule has 2 aliphatic rings. The second-order valence-electron chi connectivity index (χ2n) is 6.47. The molecule has 0 amide bonds. The van der Waals surface area contributed by atoms with E-state index in [0.29, 0.717) is 5.46 Å². The molecule has 1 aliphatic heterocycles. The van der Waals surface area contributed by atoms with Gasteiger partial charge in [0, 0.05) is 17.5 Å². The van der Waals surface area contributed by atoms with Gasteiger partial charge in [-0.05, 0) is 61.8 Å². The lowest BCUT2D eigenvalue weighted by Gasteiger charge is -2.25. The quantitative estimate of drug-likeness (QED) is 0.829. The van der Waals surface area contributed by atoms with Gasteiger partial charge in [0.2, 0.25) is 0 Å². The summed E-state index contributed by atoms with van der Waals surface area (Å²) in [4.78, 5) is 0. The van der Waals surface area contributed by atoms with Crippen LogP contribution in [0.3, 0.4) is 0 Å². The summed E-state index contributed by atoms with van der Waals surface area (Å²) in [7, 11) is -1.50. The van der Waals surface area contributed by atoms with E-state index in [0.717, 1.165) is 66.3 Å². The van der Waals surface area contributed by atoms with E-state index in [1.54, 1.807) is 6.20 Å². The fourth-order valence-corrected chi connectivity index (χ4v) is 3.89. The van der Waals surface area contributed by atoms with Crippen LogP contribution in [0.4, 0.5) is 0 Å². The minimum absolute atomic E-state index is 0.0526. The van der Waals surface area contributed by atoms with E-state index in [2.05, 4.69) is 17.2 Å². The predicted octanol–water partition coefficient (Wildman–Crippen LogP) is 1.76. The van der Waals surface area contributed by atoms with E-state index < -0.39 is 7.12 Å². The largest absolute Gasteiger partial charge is 0.489 e. The predicted molar refractivity (Wildman–Crippen MR) is 90.4 cm³/mol. The van der Waals surface area contributed by atoms with Crippen molar-refractivity contribution in [2.24, 2.45) is 0 Å². The molecule has 6 heteroatoms. The maximum atomic E-state index is 9.98. The minimum atomic E-state index is -1.50. The van der Waals surface area contributed by atoms with Crippen molar-refractivity contribution in [1.29, 1.82) is 0 Å². The molecule has 2 N–H and O–H groups in total. The van der Waals surface area contributed by atoms with Gasteiger partial charge in [-0.1, -0.05) is 6.08 Å². The van der Waals surface area contributed by atoms with Gasteiger partial charge in [0.05, 0.1) is 11.7 Å². The van der Waals surface area contributed by atoms with Crippen molar-refractivity contribution in [2.45, 2.75) is 45.3 Å². The number of allylic oxidation sites excluding steroid dienone is 2. The molecule has 1 fully saturated rings. The van der Waals surface area contributed by atoms with Crippen molar-refractivity contribution in [3.63, 3.8) is 0 Å². The van der Waals surface area contributed by atoms with Gasteiger partial charge in [-0.15, -0.1) is 0 Å². The molecular weight excluding hydrogens is 291 g/mol. The maximum absolute atomic E-state index is 9.98. The summed E-state index contributed by atoms with van der Waals surface area (Å²) in [6.07, 6.45) is 8.92. The Morgan fingerprint density at radius 1 is 1.35 bits per heavy atom. The number of rotatable bonds is 2. The van der Waals surface area contributed by atoms with Gasteiger partial charge in [-0.2, -0.15) is 5.10 Å². The van der Waals surface area contributed by atoms with Crippen LogP contribution in [0, 0.1) is 0 Å². The zero-order chi connectivity index (χ0) is 16.0. The summed E-state index contributed by atoms with van der Waals surface area (Å²) in [5, 5.41) is 25.3. The van der Waals surface area contributed by atoms with Crippen molar-refractivity contribution in [2.75, 3.05) is 6.61 Å². The first-order valence-electron chi connectivity index (χ1n) is 8.34. The van der Waals surface area contributed by atoms with Crippen molar-refractivity contribution >= 4 is 29.1 Å². The highest BCUT2D eigenvalue weighted by molar-refractivity contribution is 6.63. The molecule has 1 saturated heterocycles. The SMILES string of the molecule is CC1=CCCc2cc3c(cnn3C3CCCCO3)c(B(O)O)c21. The molecule has 120 valence electrons. The Kier molecular flexibility index (Phi) is 3.75. The van der Waals surface area contributed by atoms with Crippen LogP contribution < -0.4 is 5.46 Å². The first kappa shape index (κ1) is 14.9. The molecule has 5 nitrogen and oxygen atoms in total. The van der Waals surface area contributed by atoms with Crippen LogP contribution in [0.25, 0.3) is 16.5 Å². The van der Waals surface area contributed by atoms with Crippen molar-refractivity contribution in [3.05, 3.63) is 29.5 Å². The van der Waals surface area contributed by atoms with Gasteiger partial charge < -0.3 is 14.8 Å². The molecule has 1 atom stereocenters. The fourth-order valence-electron chi connectivity index (χ4n) is 3.89. The van der Waals surface area contributed by atoms with Crippen LogP contribution in [-0.4, -0.2) is 33.6 Å². The number of hydrogen-bond donors (Lipinski definition) is 2. The van der Waals surface area contributed by atoms with Crippen LogP contribution in [0.2, 0.25) is 0 Å². The number of ether oxygens (including phenoxy) is 1. The first-order valence-corrected chi connectivity index (χ1v) is 8.34. The Morgan fingerprint density at radius 3 is 2.96 bits per heavy atom. The molecule has 2 heterocycles. The van der Waals surface area contributed by atoms with Crippen LogP contribution in [0.1, 0.15) is 50.0 Å². The third-order valence-electron chi connectivity index (χ3n) is 4.97. The van der Waals surface area contributed by atoms with E-state index in [1.807, 2.05) is 11.6 Å². The lowest BCUT2D eigenvalue weighted by Crippen LogP contribution is -2.35. The van der Waals surface area contributed by atoms with E-state index in [4.69, 9.17) is 4.74 Å². The van der Waals surface area contributed by atoms with E-state index in [9.17, 15) is 10.0 Å². The molecule has 0 saturated carbocycles. The summed E-state index contributed by atoms with van der Waals surface area (Å²) in [5.41, 5.74) is 4.76. The third kappa shape index (κ3) is 2.41. The topological polar surface area (TPSA) is 67.5 Å². The van der Waals surface area contributed by atoms with Crippen molar-refractivity contribution in [3.8, 4) is 0 Å². The highest BCUT2D eigenvalue weighted by atomic mass is 16.5. The standard InChI is InChI=1S/C17H21BN2O3/c1-11-5-4-6-12-9-14-13(17(16(11)12)18(21)22)10-19-20(14)15-7-2-3-8-23-15/h5,9-10,15,21-22H,2-4,6-8H2,1H3. The smallest absolute Gasteiger partial charge is 0.423 e. The molecule has 0 bridgehead atoms. The van der Waals surface area contributed by atoms with Gasteiger partial charge >= 0.3 is 7.12 Å². The van der Waals surface area contributed by atoms with Gasteiger partial charge in [0.15, 0.2) is 6.23 Å². The normalized spacial score (nSPS) is 21.2. The molecule has 1 unspecified atom stereocenters.